The molecular formula is C27H36O. The second-order valence-corrected chi connectivity index (χ2v) is 6.42. The summed E-state index contributed by atoms with van der Waals surface area (Å²) in [5.41, 5.74) is 6.05. The van der Waals surface area contributed by atoms with Gasteiger partial charge in [0.2, 0.25) is 0 Å². The van der Waals surface area contributed by atoms with Crippen LogP contribution in [0.4, 0.5) is 0 Å². The average molecular weight is 377 g/mol. The first-order valence-electron chi connectivity index (χ1n) is 10.1. The van der Waals surface area contributed by atoms with Gasteiger partial charge in [0, 0.05) is 5.56 Å². The van der Waals surface area contributed by atoms with Crippen molar-refractivity contribution in [1.82, 2.24) is 0 Å². The van der Waals surface area contributed by atoms with E-state index in [1.807, 2.05) is 63.2 Å². The maximum absolute atomic E-state index is 10.8. The molecular weight excluding hydrogens is 340 g/mol. The molecule has 0 aliphatic carbocycles. The molecule has 0 amide bonds. The highest BCUT2D eigenvalue weighted by Crippen LogP contribution is 2.03. The van der Waals surface area contributed by atoms with E-state index in [4.69, 9.17) is 0 Å². The molecule has 0 fully saturated rings. The van der Waals surface area contributed by atoms with Crippen LogP contribution in [0.25, 0.3) is 0 Å². The van der Waals surface area contributed by atoms with E-state index in [-0.39, 0.29) is 5.78 Å². The Hall–Kier alpha value is -2.67. The minimum absolute atomic E-state index is 0.125. The summed E-state index contributed by atoms with van der Waals surface area (Å²) in [5, 5.41) is 0. The number of Topliss-reactive ketones (excluding diaryl/α,β-unsaturated/α-hetero) is 1. The Bertz CT molecular complexity index is 754. The van der Waals surface area contributed by atoms with E-state index in [0.717, 1.165) is 12.0 Å². The smallest absolute Gasteiger partial charge is 0.159 e. The van der Waals surface area contributed by atoms with Crippen molar-refractivity contribution < 1.29 is 4.79 Å². The Morgan fingerprint density at radius 2 is 1.04 bits per heavy atom. The van der Waals surface area contributed by atoms with Gasteiger partial charge in [-0.2, -0.15) is 0 Å². The molecule has 150 valence electrons. The molecule has 3 aromatic rings. The molecule has 0 radical (unpaired) electrons. The number of aryl methyl sites for hydroxylation is 4. The molecule has 1 nitrogen and oxygen atoms in total. The SMILES string of the molecule is CC.CC(=O)c1ccc(C)cc1.CCc1ccc(C)cc1.Cc1ccccc1. The lowest BCUT2D eigenvalue weighted by atomic mass is 10.1. The fourth-order valence-electron chi connectivity index (χ4n) is 2.15. The lowest BCUT2D eigenvalue weighted by Crippen LogP contribution is -1.90. The third-order valence-electron chi connectivity index (χ3n) is 3.93. The molecule has 0 bridgehead atoms. The molecule has 28 heavy (non-hydrogen) atoms. The van der Waals surface area contributed by atoms with Crippen LogP contribution in [0, 0.1) is 20.8 Å². The van der Waals surface area contributed by atoms with Crippen molar-refractivity contribution in [3.8, 4) is 0 Å². The Labute approximate surface area is 172 Å². The van der Waals surface area contributed by atoms with E-state index in [0.29, 0.717) is 0 Å². The quantitative estimate of drug-likeness (QED) is 0.417. The van der Waals surface area contributed by atoms with Gasteiger partial charge in [-0.3, -0.25) is 4.79 Å². The number of carbonyl (C=O) groups excluding carboxylic acids is 1. The van der Waals surface area contributed by atoms with Crippen LogP contribution in [-0.2, 0) is 6.42 Å². The fourth-order valence-corrected chi connectivity index (χ4v) is 2.15. The molecule has 3 rings (SSSR count). The number of benzene rings is 3. The van der Waals surface area contributed by atoms with Crippen molar-refractivity contribution in [2.45, 2.75) is 54.9 Å². The number of hydrogen-bond donors (Lipinski definition) is 0. The van der Waals surface area contributed by atoms with Crippen molar-refractivity contribution in [1.29, 1.82) is 0 Å². The van der Waals surface area contributed by atoms with Gasteiger partial charge in [-0.25, -0.2) is 0 Å². The topological polar surface area (TPSA) is 17.1 Å². The van der Waals surface area contributed by atoms with Gasteiger partial charge in [-0.1, -0.05) is 116 Å². The summed E-state index contributed by atoms with van der Waals surface area (Å²) in [5.74, 6) is 0.125. The van der Waals surface area contributed by atoms with Gasteiger partial charge in [-0.15, -0.1) is 0 Å². The normalized spacial score (nSPS) is 8.82. The standard InChI is InChI=1S/C9H10O.C9H12.C7H8.C2H6/c1-7-3-5-9(6-4-7)8(2)10;1-3-9-6-4-8(2)5-7-9;1-7-5-3-2-4-6-7;1-2/h3-6H,1-2H3;4-7H,3H2,1-2H3;2-6H,1H3;1-2H3. The summed E-state index contributed by atoms with van der Waals surface area (Å²) in [6.07, 6.45) is 1.14. The molecule has 0 unspecified atom stereocenters. The van der Waals surface area contributed by atoms with E-state index in [1.165, 1.54) is 22.3 Å². The Morgan fingerprint density at radius 1 is 0.643 bits per heavy atom. The molecule has 3 aromatic carbocycles. The summed E-state index contributed by atoms with van der Waals surface area (Å²) in [4.78, 5) is 10.8. The first-order valence-corrected chi connectivity index (χ1v) is 10.1. The third kappa shape index (κ3) is 11.9. The number of hydrogen-bond acceptors (Lipinski definition) is 1. The second kappa shape index (κ2) is 15.4. The Morgan fingerprint density at radius 3 is 1.36 bits per heavy atom. The van der Waals surface area contributed by atoms with Crippen LogP contribution in [0.1, 0.15) is 60.3 Å². The van der Waals surface area contributed by atoms with Crippen LogP contribution in [0.3, 0.4) is 0 Å². The fraction of sp³-hybridized carbons (Fsp3) is 0.296. The lowest BCUT2D eigenvalue weighted by Gasteiger charge is -1.94. The predicted molar refractivity (Wildman–Crippen MR) is 124 cm³/mol. The van der Waals surface area contributed by atoms with Gasteiger partial charge in [0.1, 0.15) is 0 Å². The molecule has 0 aliphatic heterocycles. The van der Waals surface area contributed by atoms with Crippen molar-refractivity contribution in [3.63, 3.8) is 0 Å². The van der Waals surface area contributed by atoms with Crippen LogP contribution >= 0.6 is 0 Å². The summed E-state index contributed by atoms with van der Waals surface area (Å²) in [7, 11) is 0. The third-order valence-corrected chi connectivity index (χ3v) is 3.93. The van der Waals surface area contributed by atoms with Gasteiger partial charge < -0.3 is 0 Å². The van der Waals surface area contributed by atoms with Crippen molar-refractivity contribution in [2.24, 2.45) is 0 Å². The van der Waals surface area contributed by atoms with Crippen LogP contribution in [0.15, 0.2) is 78.9 Å². The highest BCUT2D eigenvalue weighted by Gasteiger charge is 1.95. The van der Waals surface area contributed by atoms with Crippen LogP contribution in [0.2, 0.25) is 0 Å². The second-order valence-electron chi connectivity index (χ2n) is 6.42. The van der Waals surface area contributed by atoms with Crippen molar-refractivity contribution in [3.05, 3.63) is 107 Å². The van der Waals surface area contributed by atoms with Crippen LogP contribution in [-0.4, -0.2) is 5.78 Å². The molecule has 0 saturated heterocycles. The minimum Gasteiger partial charge on any atom is -0.295 e. The number of ketones is 1. The first-order chi connectivity index (χ1) is 13.4. The zero-order valence-electron chi connectivity index (χ0n) is 18.6. The van der Waals surface area contributed by atoms with E-state index in [1.54, 1.807) is 6.92 Å². The van der Waals surface area contributed by atoms with Gasteiger partial charge >= 0.3 is 0 Å². The summed E-state index contributed by atoms with van der Waals surface area (Å²) in [6, 6.07) is 26.5. The molecule has 0 spiro atoms. The number of rotatable bonds is 2. The van der Waals surface area contributed by atoms with Crippen LogP contribution < -0.4 is 0 Å². The Balaban J connectivity index is 0.000000378. The highest BCUT2D eigenvalue weighted by molar-refractivity contribution is 5.93. The van der Waals surface area contributed by atoms with Crippen molar-refractivity contribution >= 4 is 5.78 Å². The monoisotopic (exact) mass is 376 g/mol. The Kier molecular flexibility index (Phi) is 13.9. The highest BCUT2D eigenvalue weighted by atomic mass is 16.1. The van der Waals surface area contributed by atoms with Gasteiger partial charge in [-0.05, 0) is 39.7 Å². The maximum Gasteiger partial charge on any atom is 0.159 e. The number of carbonyl (C=O) groups is 1. The van der Waals surface area contributed by atoms with E-state index in [9.17, 15) is 4.79 Å². The predicted octanol–water partition coefficient (Wildman–Crippen LogP) is 7.78. The molecule has 0 saturated carbocycles. The molecule has 0 heterocycles. The molecule has 0 aliphatic rings. The lowest BCUT2D eigenvalue weighted by molar-refractivity contribution is 0.101. The van der Waals surface area contributed by atoms with Gasteiger partial charge in [0.05, 0.1) is 0 Å². The van der Waals surface area contributed by atoms with Gasteiger partial charge in [0.25, 0.3) is 0 Å². The maximum atomic E-state index is 10.8. The molecule has 0 N–H and O–H groups in total. The summed E-state index contributed by atoms with van der Waals surface area (Å²) in [6.45, 7) is 13.9. The zero-order valence-corrected chi connectivity index (χ0v) is 18.6. The molecule has 1 heteroatoms. The minimum atomic E-state index is 0.125. The van der Waals surface area contributed by atoms with E-state index in [2.05, 4.69) is 57.2 Å². The van der Waals surface area contributed by atoms with Gasteiger partial charge in [0.15, 0.2) is 5.78 Å². The van der Waals surface area contributed by atoms with E-state index < -0.39 is 0 Å². The average Bonchev–Trinajstić information content (AvgIpc) is 2.72. The van der Waals surface area contributed by atoms with Crippen molar-refractivity contribution in [2.75, 3.05) is 0 Å². The first kappa shape index (κ1) is 25.3. The summed E-state index contributed by atoms with van der Waals surface area (Å²) >= 11 is 0. The molecule has 0 aromatic heterocycles. The zero-order chi connectivity index (χ0) is 21.4. The summed E-state index contributed by atoms with van der Waals surface area (Å²) < 4.78 is 0. The molecule has 0 atom stereocenters. The van der Waals surface area contributed by atoms with E-state index >= 15 is 0 Å². The van der Waals surface area contributed by atoms with Crippen LogP contribution in [0.5, 0.6) is 0 Å². The largest absolute Gasteiger partial charge is 0.295 e.